The molecule has 0 saturated carbocycles. The highest BCUT2D eigenvalue weighted by atomic mass is 35.5. The van der Waals surface area contributed by atoms with Gasteiger partial charge < -0.3 is 19.1 Å². The highest BCUT2D eigenvalue weighted by Gasteiger charge is 2.29. The Morgan fingerprint density at radius 1 is 1.12 bits per heavy atom. The van der Waals surface area contributed by atoms with E-state index in [0.29, 0.717) is 0 Å². The number of halogens is 3. The lowest BCUT2D eigenvalue weighted by molar-refractivity contribution is -0.139. The van der Waals surface area contributed by atoms with Gasteiger partial charge in [-0.2, -0.15) is 8.78 Å². The molecule has 0 saturated heterocycles. The van der Waals surface area contributed by atoms with Crippen molar-refractivity contribution in [3.63, 3.8) is 0 Å². The third kappa shape index (κ3) is 4.20. The molecule has 1 heterocycles. The molecule has 0 bridgehead atoms. The van der Waals surface area contributed by atoms with Crippen LogP contribution < -0.4 is 9.64 Å². The minimum absolute atomic E-state index is 0.0135. The summed E-state index contributed by atoms with van der Waals surface area (Å²) in [4.78, 5) is 25.6. The standard InChI is InChI=1S/C17H14ClF2NO5/c1-24-15(22)11-5-3-4-8-21(14(11)16(23)25-2)12-9-10(18)6-7-13(12)26-17(19)20/h3-9,17H,1-2H3. The molecule has 1 aliphatic heterocycles. The summed E-state index contributed by atoms with van der Waals surface area (Å²) in [6, 6.07) is 3.89. The van der Waals surface area contributed by atoms with Crippen molar-refractivity contribution in [2.45, 2.75) is 6.61 Å². The Bertz CT molecular complexity index is 804. The average molecular weight is 386 g/mol. The molecular formula is C17H14ClF2NO5. The van der Waals surface area contributed by atoms with Gasteiger partial charge in [-0.05, 0) is 30.4 Å². The van der Waals surface area contributed by atoms with E-state index in [0.717, 1.165) is 14.2 Å². The van der Waals surface area contributed by atoms with Crippen LogP contribution >= 0.6 is 11.6 Å². The fraction of sp³-hybridized carbons (Fsp3) is 0.176. The van der Waals surface area contributed by atoms with Crippen molar-refractivity contribution < 1.29 is 32.6 Å². The van der Waals surface area contributed by atoms with E-state index in [2.05, 4.69) is 9.47 Å². The Balaban J connectivity index is 2.71. The number of esters is 2. The van der Waals surface area contributed by atoms with Crippen molar-refractivity contribution in [3.05, 3.63) is 58.9 Å². The molecule has 0 aromatic heterocycles. The average Bonchev–Trinajstić information content (AvgIpc) is 2.84. The summed E-state index contributed by atoms with van der Waals surface area (Å²) in [7, 11) is 2.26. The maximum Gasteiger partial charge on any atom is 0.387 e. The second-order valence-corrected chi connectivity index (χ2v) is 5.24. The van der Waals surface area contributed by atoms with Crippen LogP contribution in [0.15, 0.2) is 53.9 Å². The predicted octanol–water partition coefficient (Wildman–Crippen LogP) is 3.43. The van der Waals surface area contributed by atoms with Crippen molar-refractivity contribution in [2.75, 3.05) is 19.1 Å². The Labute approximate surface area is 152 Å². The summed E-state index contributed by atoms with van der Waals surface area (Å²) in [5, 5.41) is 0.205. The van der Waals surface area contributed by atoms with Gasteiger partial charge in [0.25, 0.3) is 0 Å². The summed E-state index contributed by atoms with van der Waals surface area (Å²) in [5.41, 5.74) is -0.363. The second kappa shape index (κ2) is 8.48. The van der Waals surface area contributed by atoms with E-state index in [9.17, 15) is 18.4 Å². The number of hydrogen-bond acceptors (Lipinski definition) is 6. The van der Waals surface area contributed by atoms with E-state index in [1.807, 2.05) is 0 Å². The zero-order chi connectivity index (χ0) is 19.3. The molecule has 26 heavy (non-hydrogen) atoms. The molecule has 0 atom stereocenters. The quantitative estimate of drug-likeness (QED) is 0.723. The van der Waals surface area contributed by atoms with E-state index >= 15 is 0 Å². The first kappa shape index (κ1) is 19.5. The number of allylic oxidation sites excluding steroid dienone is 2. The molecule has 1 aromatic carbocycles. The monoisotopic (exact) mass is 385 g/mol. The maximum absolute atomic E-state index is 12.7. The predicted molar refractivity (Wildman–Crippen MR) is 89.9 cm³/mol. The van der Waals surface area contributed by atoms with Crippen molar-refractivity contribution in [2.24, 2.45) is 0 Å². The lowest BCUT2D eigenvalue weighted by Crippen LogP contribution is -2.27. The first-order valence-corrected chi connectivity index (χ1v) is 7.56. The molecule has 1 aromatic rings. The zero-order valence-corrected chi connectivity index (χ0v) is 14.5. The highest BCUT2D eigenvalue weighted by molar-refractivity contribution is 6.31. The number of rotatable bonds is 5. The van der Waals surface area contributed by atoms with Crippen molar-refractivity contribution in [1.29, 1.82) is 0 Å². The van der Waals surface area contributed by atoms with Gasteiger partial charge in [0.05, 0.1) is 25.5 Å². The summed E-state index contributed by atoms with van der Waals surface area (Å²) in [6.45, 7) is -3.10. The van der Waals surface area contributed by atoms with Crippen LogP contribution in [0.25, 0.3) is 0 Å². The number of anilines is 1. The topological polar surface area (TPSA) is 65.1 Å². The fourth-order valence-corrected chi connectivity index (χ4v) is 2.39. The van der Waals surface area contributed by atoms with E-state index in [1.165, 1.54) is 47.5 Å². The first-order valence-electron chi connectivity index (χ1n) is 7.18. The molecule has 9 heteroatoms. The Morgan fingerprint density at radius 3 is 2.42 bits per heavy atom. The van der Waals surface area contributed by atoms with Gasteiger partial charge in [-0.25, -0.2) is 9.59 Å². The SMILES string of the molecule is COC(=O)C1=C(C(=O)OC)N(c2cc(Cl)ccc2OC(F)F)C=CC=C1. The third-order valence-corrected chi connectivity index (χ3v) is 3.52. The summed E-state index contributed by atoms with van der Waals surface area (Å²) in [5.74, 6) is -1.94. The summed E-state index contributed by atoms with van der Waals surface area (Å²) >= 11 is 5.97. The minimum atomic E-state index is -3.10. The van der Waals surface area contributed by atoms with Gasteiger partial charge in [0.2, 0.25) is 0 Å². The van der Waals surface area contributed by atoms with Gasteiger partial charge in [-0.3, -0.25) is 0 Å². The first-order chi connectivity index (χ1) is 12.4. The van der Waals surface area contributed by atoms with Crippen LogP contribution in [0.5, 0.6) is 5.75 Å². The molecule has 0 N–H and O–H groups in total. The van der Waals surface area contributed by atoms with Crippen LogP contribution in [0.3, 0.4) is 0 Å². The molecule has 1 aliphatic rings. The van der Waals surface area contributed by atoms with Gasteiger partial charge in [0.1, 0.15) is 11.4 Å². The normalized spacial score (nSPS) is 13.7. The van der Waals surface area contributed by atoms with E-state index in [4.69, 9.17) is 16.3 Å². The molecule has 138 valence electrons. The zero-order valence-electron chi connectivity index (χ0n) is 13.7. The summed E-state index contributed by atoms with van der Waals surface area (Å²) < 4.78 is 39.4. The van der Waals surface area contributed by atoms with Crippen molar-refractivity contribution in [3.8, 4) is 5.75 Å². The Morgan fingerprint density at radius 2 is 1.81 bits per heavy atom. The van der Waals surface area contributed by atoms with E-state index < -0.39 is 18.6 Å². The van der Waals surface area contributed by atoms with Crippen LogP contribution in [-0.4, -0.2) is 32.8 Å². The van der Waals surface area contributed by atoms with Crippen LogP contribution in [-0.2, 0) is 19.1 Å². The summed E-state index contributed by atoms with van der Waals surface area (Å²) in [6.07, 6.45) is 5.69. The number of ether oxygens (including phenoxy) is 3. The van der Waals surface area contributed by atoms with E-state index in [-0.39, 0.29) is 27.7 Å². The smallest absolute Gasteiger partial charge is 0.387 e. The molecule has 0 unspecified atom stereocenters. The molecule has 0 spiro atoms. The van der Waals surface area contributed by atoms with Crippen molar-refractivity contribution in [1.82, 2.24) is 0 Å². The second-order valence-electron chi connectivity index (χ2n) is 4.81. The van der Waals surface area contributed by atoms with Gasteiger partial charge in [0.15, 0.2) is 0 Å². The molecule has 6 nitrogen and oxygen atoms in total. The third-order valence-electron chi connectivity index (χ3n) is 3.29. The number of benzene rings is 1. The molecule has 0 radical (unpaired) electrons. The number of methoxy groups -OCH3 is 2. The highest BCUT2D eigenvalue weighted by Crippen LogP contribution is 2.36. The van der Waals surface area contributed by atoms with Crippen LogP contribution in [0.4, 0.5) is 14.5 Å². The number of carbonyl (C=O) groups is 2. The largest absolute Gasteiger partial charge is 0.465 e. The molecule has 0 amide bonds. The molecule has 2 rings (SSSR count). The van der Waals surface area contributed by atoms with Gasteiger partial charge in [-0.1, -0.05) is 17.7 Å². The van der Waals surface area contributed by atoms with Crippen LogP contribution in [0.1, 0.15) is 0 Å². The van der Waals surface area contributed by atoms with Gasteiger partial charge in [0, 0.05) is 11.2 Å². The molecule has 0 aliphatic carbocycles. The van der Waals surface area contributed by atoms with Gasteiger partial charge >= 0.3 is 18.6 Å². The van der Waals surface area contributed by atoms with Gasteiger partial charge in [-0.15, -0.1) is 0 Å². The van der Waals surface area contributed by atoms with Crippen LogP contribution in [0.2, 0.25) is 5.02 Å². The number of carbonyl (C=O) groups excluding carboxylic acids is 2. The molecule has 0 fully saturated rings. The van der Waals surface area contributed by atoms with E-state index in [1.54, 1.807) is 0 Å². The minimum Gasteiger partial charge on any atom is -0.465 e. The number of alkyl halides is 2. The number of hydrogen-bond donors (Lipinski definition) is 0. The van der Waals surface area contributed by atoms with Crippen molar-refractivity contribution >= 4 is 29.2 Å². The molecular weight excluding hydrogens is 372 g/mol. The number of nitrogens with zero attached hydrogens (tertiary/aromatic N) is 1. The Kier molecular flexibility index (Phi) is 6.35. The fourth-order valence-electron chi connectivity index (χ4n) is 2.23. The lowest BCUT2D eigenvalue weighted by Gasteiger charge is -2.25. The lowest BCUT2D eigenvalue weighted by atomic mass is 10.1. The Hall–Kier alpha value is -2.87. The van der Waals surface area contributed by atoms with Crippen LogP contribution in [0, 0.1) is 0 Å². The maximum atomic E-state index is 12.7.